The molecule has 0 saturated heterocycles. The zero-order chi connectivity index (χ0) is 14.2. The highest BCUT2D eigenvalue weighted by molar-refractivity contribution is 4.55. The summed E-state index contributed by atoms with van der Waals surface area (Å²) in [6, 6.07) is 0. The zero-order valence-electron chi connectivity index (χ0n) is 13.0. The second kappa shape index (κ2) is 15.9. The minimum Gasteiger partial charge on any atom is -0.393 e. The number of ether oxygens (including phenoxy) is 2. The maximum Gasteiger partial charge on any atom is 0.146 e. The van der Waals surface area contributed by atoms with Gasteiger partial charge in [0.25, 0.3) is 0 Å². The summed E-state index contributed by atoms with van der Waals surface area (Å²) in [5, 5.41) is 9.59. The molecule has 3 nitrogen and oxygen atoms in total. The second-order valence-corrected chi connectivity index (χ2v) is 5.37. The van der Waals surface area contributed by atoms with Gasteiger partial charge in [0.05, 0.1) is 6.10 Å². The van der Waals surface area contributed by atoms with Crippen LogP contribution in [0.3, 0.4) is 0 Å². The SMILES string of the molecule is CCCC(O)CCCCCCCCCCOCOC. The van der Waals surface area contributed by atoms with E-state index in [1.165, 1.54) is 44.9 Å². The van der Waals surface area contributed by atoms with E-state index in [4.69, 9.17) is 9.47 Å². The fraction of sp³-hybridized carbons (Fsp3) is 1.00. The first-order valence-corrected chi connectivity index (χ1v) is 8.06. The van der Waals surface area contributed by atoms with Gasteiger partial charge >= 0.3 is 0 Å². The molecule has 0 saturated carbocycles. The van der Waals surface area contributed by atoms with Crippen LogP contribution in [0, 0.1) is 0 Å². The van der Waals surface area contributed by atoms with E-state index < -0.39 is 0 Å². The van der Waals surface area contributed by atoms with Crippen LogP contribution in [0.1, 0.15) is 77.6 Å². The van der Waals surface area contributed by atoms with Crippen molar-refractivity contribution in [1.82, 2.24) is 0 Å². The Labute approximate surface area is 119 Å². The van der Waals surface area contributed by atoms with E-state index in [0.29, 0.717) is 6.79 Å². The summed E-state index contributed by atoms with van der Waals surface area (Å²) in [5.41, 5.74) is 0. The Morgan fingerprint density at radius 1 is 0.842 bits per heavy atom. The number of hydrogen-bond acceptors (Lipinski definition) is 3. The van der Waals surface area contributed by atoms with Gasteiger partial charge in [0.15, 0.2) is 0 Å². The van der Waals surface area contributed by atoms with Crippen molar-refractivity contribution in [3.05, 3.63) is 0 Å². The van der Waals surface area contributed by atoms with Crippen molar-refractivity contribution in [1.29, 1.82) is 0 Å². The van der Waals surface area contributed by atoms with Crippen LogP contribution >= 0.6 is 0 Å². The van der Waals surface area contributed by atoms with Crippen molar-refractivity contribution in [3.8, 4) is 0 Å². The lowest BCUT2D eigenvalue weighted by Gasteiger charge is -2.08. The quantitative estimate of drug-likeness (QED) is 0.358. The van der Waals surface area contributed by atoms with Crippen molar-refractivity contribution >= 4 is 0 Å². The summed E-state index contributed by atoms with van der Waals surface area (Å²) < 4.78 is 10.1. The number of aliphatic hydroxyl groups is 1. The Balaban J connectivity index is 2.99. The second-order valence-electron chi connectivity index (χ2n) is 5.37. The van der Waals surface area contributed by atoms with Crippen molar-refractivity contribution in [3.63, 3.8) is 0 Å². The largest absolute Gasteiger partial charge is 0.393 e. The molecule has 0 heterocycles. The highest BCUT2D eigenvalue weighted by Crippen LogP contribution is 2.12. The molecule has 0 bridgehead atoms. The number of aliphatic hydroxyl groups excluding tert-OH is 1. The first kappa shape index (κ1) is 18.9. The molecule has 0 spiro atoms. The lowest BCUT2D eigenvalue weighted by atomic mass is 10.0. The Kier molecular flexibility index (Phi) is 15.8. The molecule has 0 aromatic heterocycles. The molecule has 0 amide bonds. The van der Waals surface area contributed by atoms with E-state index >= 15 is 0 Å². The van der Waals surface area contributed by atoms with Crippen LogP contribution in [-0.2, 0) is 9.47 Å². The highest BCUT2D eigenvalue weighted by atomic mass is 16.7. The topological polar surface area (TPSA) is 38.7 Å². The third-order valence-corrected chi connectivity index (χ3v) is 3.40. The lowest BCUT2D eigenvalue weighted by molar-refractivity contribution is -0.0315. The molecule has 0 aliphatic heterocycles. The molecule has 116 valence electrons. The van der Waals surface area contributed by atoms with E-state index in [0.717, 1.165) is 32.3 Å². The van der Waals surface area contributed by atoms with Crippen LogP contribution in [0.2, 0.25) is 0 Å². The maximum atomic E-state index is 9.59. The van der Waals surface area contributed by atoms with Gasteiger partial charge in [-0.15, -0.1) is 0 Å². The molecule has 1 unspecified atom stereocenters. The molecule has 0 aromatic carbocycles. The first-order chi connectivity index (χ1) is 9.31. The number of rotatable bonds is 15. The van der Waals surface area contributed by atoms with E-state index in [9.17, 15) is 5.11 Å². The average Bonchev–Trinajstić information content (AvgIpc) is 2.40. The highest BCUT2D eigenvalue weighted by Gasteiger charge is 2.01. The zero-order valence-corrected chi connectivity index (χ0v) is 13.0. The molecule has 3 heteroatoms. The molecular formula is C16H34O3. The van der Waals surface area contributed by atoms with E-state index in [1.807, 2.05) is 0 Å². The summed E-state index contributed by atoms with van der Waals surface area (Å²) in [6.07, 6.45) is 13.2. The van der Waals surface area contributed by atoms with Crippen LogP contribution in [0.15, 0.2) is 0 Å². The Hall–Kier alpha value is -0.120. The van der Waals surface area contributed by atoms with Gasteiger partial charge < -0.3 is 14.6 Å². The minimum atomic E-state index is -0.0582. The van der Waals surface area contributed by atoms with Crippen molar-refractivity contribution < 1.29 is 14.6 Å². The Morgan fingerprint density at radius 2 is 1.42 bits per heavy atom. The molecule has 0 fully saturated rings. The van der Waals surface area contributed by atoms with Crippen LogP contribution in [0.5, 0.6) is 0 Å². The van der Waals surface area contributed by atoms with Crippen LogP contribution < -0.4 is 0 Å². The third kappa shape index (κ3) is 15.8. The van der Waals surface area contributed by atoms with Crippen molar-refractivity contribution in [2.45, 2.75) is 83.7 Å². The molecule has 1 N–H and O–H groups in total. The van der Waals surface area contributed by atoms with Crippen molar-refractivity contribution in [2.24, 2.45) is 0 Å². The summed E-state index contributed by atoms with van der Waals surface area (Å²) in [4.78, 5) is 0. The normalized spacial score (nSPS) is 12.8. The average molecular weight is 274 g/mol. The summed E-state index contributed by atoms with van der Waals surface area (Å²) in [7, 11) is 1.65. The fourth-order valence-corrected chi connectivity index (χ4v) is 2.26. The first-order valence-electron chi connectivity index (χ1n) is 8.06. The molecule has 1 atom stereocenters. The van der Waals surface area contributed by atoms with Gasteiger partial charge in [0.2, 0.25) is 0 Å². The summed E-state index contributed by atoms with van der Waals surface area (Å²) >= 11 is 0. The predicted molar refractivity (Wildman–Crippen MR) is 80.3 cm³/mol. The van der Waals surface area contributed by atoms with Gasteiger partial charge in [-0.3, -0.25) is 0 Å². The lowest BCUT2D eigenvalue weighted by Crippen LogP contribution is -2.04. The van der Waals surface area contributed by atoms with E-state index in [1.54, 1.807) is 7.11 Å². The number of hydrogen-bond donors (Lipinski definition) is 1. The Morgan fingerprint density at radius 3 is 2.00 bits per heavy atom. The Bertz CT molecular complexity index is 162. The summed E-state index contributed by atoms with van der Waals surface area (Å²) in [6.45, 7) is 3.37. The molecule has 0 aromatic rings. The number of methoxy groups -OCH3 is 1. The molecule has 0 rings (SSSR count). The van der Waals surface area contributed by atoms with Gasteiger partial charge in [-0.05, 0) is 19.3 Å². The van der Waals surface area contributed by atoms with Gasteiger partial charge in [-0.2, -0.15) is 0 Å². The molecule has 19 heavy (non-hydrogen) atoms. The van der Waals surface area contributed by atoms with Gasteiger partial charge in [-0.1, -0.05) is 58.3 Å². The smallest absolute Gasteiger partial charge is 0.146 e. The van der Waals surface area contributed by atoms with Crippen molar-refractivity contribution in [2.75, 3.05) is 20.5 Å². The monoisotopic (exact) mass is 274 g/mol. The number of unbranched alkanes of at least 4 members (excludes halogenated alkanes) is 7. The standard InChI is InChI=1S/C16H34O3/c1-3-12-16(17)13-10-8-6-4-5-7-9-11-14-19-15-18-2/h16-17H,3-15H2,1-2H3. The molecular weight excluding hydrogens is 240 g/mol. The molecule has 0 radical (unpaired) electrons. The van der Waals surface area contributed by atoms with Crippen LogP contribution in [0.25, 0.3) is 0 Å². The fourth-order valence-electron chi connectivity index (χ4n) is 2.26. The molecule has 0 aliphatic rings. The van der Waals surface area contributed by atoms with Crippen LogP contribution in [-0.4, -0.2) is 31.7 Å². The van der Waals surface area contributed by atoms with E-state index in [2.05, 4.69) is 6.92 Å². The molecule has 0 aliphatic carbocycles. The van der Waals surface area contributed by atoms with E-state index in [-0.39, 0.29) is 6.10 Å². The van der Waals surface area contributed by atoms with Gasteiger partial charge in [-0.25, -0.2) is 0 Å². The van der Waals surface area contributed by atoms with Gasteiger partial charge in [0.1, 0.15) is 6.79 Å². The third-order valence-electron chi connectivity index (χ3n) is 3.40. The minimum absolute atomic E-state index is 0.0582. The van der Waals surface area contributed by atoms with Gasteiger partial charge in [0, 0.05) is 13.7 Å². The van der Waals surface area contributed by atoms with Crippen LogP contribution in [0.4, 0.5) is 0 Å². The predicted octanol–water partition coefficient (Wildman–Crippen LogP) is 4.28. The summed E-state index contributed by atoms with van der Waals surface area (Å²) in [5.74, 6) is 0. The maximum absolute atomic E-state index is 9.59.